The van der Waals surface area contributed by atoms with Crippen molar-refractivity contribution in [2.45, 2.75) is 78.2 Å². The van der Waals surface area contributed by atoms with Crippen LogP contribution in [-0.4, -0.2) is 25.5 Å². The largest absolute Gasteiger partial charge is 0.435 e. The van der Waals surface area contributed by atoms with Crippen LogP contribution in [0.3, 0.4) is 0 Å². The van der Waals surface area contributed by atoms with Crippen molar-refractivity contribution in [2.24, 2.45) is 0 Å². The molecule has 0 aliphatic heterocycles. The van der Waals surface area contributed by atoms with Gasteiger partial charge < -0.3 is 5.32 Å². The summed E-state index contributed by atoms with van der Waals surface area (Å²) in [5.41, 5.74) is 1.81. The Hall–Kier alpha value is -2.32. The Morgan fingerprint density at radius 2 is 1.96 bits per heavy atom. The second-order valence-electron chi connectivity index (χ2n) is 7.28. The molecule has 1 aliphatic rings. The highest BCUT2D eigenvalue weighted by atomic mass is 19.4. The second-order valence-corrected chi connectivity index (χ2v) is 7.28. The minimum atomic E-state index is -4.50. The summed E-state index contributed by atoms with van der Waals surface area (Å²) in [5, 5.41) is 10.9. The first-order chi connectivity index (χ1) is 13.2. The first-order valence-electron chi connectivity index (χ1n) is 9.69. The van der Waals surface area contributed by atoms with E-state index in [1.807, 2.05) is 25.5 Å². The number of hydrogen-bond donors (Lipinski definition) is 1. The van der Waals surface area contributed by atoms with Crippen LogP contribution in [0.1, 0.15) is 67.4 Å². The standard InChI is InChI=1S/C19H26F3N5O/c1-4-26-13(3)15(10-23-26)12(2)24-17(28)11-27-16-9-7-5-6-8-14(16)18(25-27)19(20,21)22/h10,12H,4-9,11H2,1-3H3,(H,24,28). The van der Waals surface area contributed by atoms with Crippen molar-refractivity contribution in [1.29, 1.82) is 0 Å². The summed E-state index contributed by atoms with van der Waals surface area (Å²) in [7, 11) is 0. The van der Waals surface area contributed by atoms with Crippen molar-refractivity contribution >= 4 is 5.91 Å². The van der Waals surface area contributed by atoms with E-state index in [1.165, 1.54) is 4.68 Å². The molecule has 1 atom stereocenters. The van der Waals surface area contributed by atoms with E-state index in [0.29, 0.717) is 25.0 Å². The molecule has 0 radical (unpaired) electrons. The highest BCUT2D eigenvalue weighted by molar-refractivity contribution is 5.76. The number of aryl methyl sites for hydroxylation is 1. The van der Waals surface area contributed by atoms with Crippen molar-refractivity contribution in [3.8, 4) is 0 Å². The maximum atomic E-state index is 13.4. The second kappa shape index (κ2) is 7.97. The fourth-order valence-electron chi connectivity index (χ4n) is 3.91. The van der Waals surface area contributed by atoms with Gasteiger partial charge in [0.2, 0.25) is 5.91 Å². The third kappa shape index (κ3) is 4.07. The Kier molecular flexibility index (Phi) is 5.81. The number of aromatic nitrogens is 4. The molecule has 0 aromatic carbocycles. The number of halogens is 3. The predicted molar refractivity (Wildman–Crippen MR) is 97.7 cm³/mol. The van der Waals surface area contributed by atoms with Crippen LogP contribution in [-0.2, 0) is 36.9 Å². The van der Waals surface area contributed by atoms with Gasteiger partial charge in [0.25, 0.3) is 0 Å². The summed E-state index contributed by atoms with van der Waals surface area (Å²) < 4.78 is 43.2. The lowest BCUT2D eigenvalue weighted by Gasteiger charge is -2.15. The van der Waals surface area contributed by atoms with Crippen molar-refractivity contribution in [2.75, 3.05) is 0 Å². The smallest absolute Gasteiger partial charge is 0.348 e. The van der Waals surface area contributed by atoms with Crippen molar-refractivity contribution in [1.82, 2.24) is 24.9 Å². The number of carbonyl (C=O) groups excluding carboxylic acids is 1. The van der Waals surface area contributed by atoms with Gasteiger partial charge in [-0.05, 0) is 46.5 Å². The molecule has 6 nitrogen and oxygen atoms in total. The van der Waals surface area contributed by atoms with E-state index < -0.39 is 11.9 Å². The molecule has 0 saturated heterocycles. The molecule has 0 fully saturated rings. The van der Waals surface area contributed by atoms with Gasteiger partial charge in [0.1, 0.15) is 6.54 Å². The normalized spacial score (nSPS) is 15.8. The number of rotatable bonds is 5. The molecule has 154 valence electrons. The summed E-state index contributed by atoms with van der Waals surface area (Å²) in [6.45, 7) is 6.26. The Balaban J connectivity index is 1.78. The summed E-state index contributed by atoms with van der Waals surface area (Å²) in [6.07, 6.45) is 0.493. The summed E-state index contributed by atoms with van der Waals surface area (Å²) >= 11 is 0. The Labute approximate surface area is 162 Å². The number of hydrogen-bond acceptors (Lipinski definition) is 3. The van der Waals surface area contributed by atoms with Gasteiger partial charge in [-0.2, -0.15) is 23.4 Å². The van der Waals surface area contributed by atoms with E-state index in [0.717, 1.165) is 30.6 Å². The van der Waals surface area contributed by atoms with Gasteiger partial charge in [0, 0.05) is 29.1 Å². The number of carbonyl (C=O) groups is 1. The van der Waals surface area contributed by atoms with E-state index in [1.54, 1.807) is 6.20 Å². The number of nitrogens with zero attached hydrogens (tertiary/aromatic N) is 4. The van der Waals surface area contributed by atoms with Crippen LogP contribution in [0, 0.1) is 6.92 Å². The van der Waals surface area contributed by atoms with Gasteiger partial charge in [-0.1, -0.05) is 6.42 Å². The van der Waals surface area contributed by atoms with Crippen LogP contribution >= 0.6 is 0 Å². The van der Waals surface area contributed by atoms with Gasteiger partial charge in [-0.3, -0.25) is 14.2 Å². The van der Waals surface area contributed by atoms with Gasteiger partial charge >= 0.3 is 6.18 Å². The van der Waals surface area contributed by atoms with Crippen molar-refractivity contribution < 1.29 is 18.0 Å². The Morgan fingerprint density at radius 3 is 2.61 bits per heavy atom. The van der Waals surface area contributed by atoms with Crippen LogP contribution < -0.4 is 5.32 Å². The molecule has 1 amide bonds. The number of amides is 1. The Morgan fingerprint density at radius 1 is 1.25 bits per heavy atom. The zero-order valence-corrected chi connectivity index (χ0v) is 16.4. The highest BCUT2D eigenvalue weighted by Crippen LogP contribution is 2.35. The monoisotopic (exact) mass is 397 g/mol. The number of nitrogens with one attached hydrogen (secondary N) is 1. The van der Waals surface area contributed by atoms with E-state index in [4.69, 9.17) is 0 Å². The molecular formula is C19H26F3N5O. The molecule has 0 spiro atoms. The topological polar surface area (TPSA) is 64.7 Å². The molecular weight excluding hydrogens is 371 g/mol. The maximum absolute atomic E-state index is 13.4. The van der Waals surface area contributed by atoms with E-state index in [9.17, 15) is 18.0 Å². The van der Waals surface area contributed by atoms with E-state index in [-0.39, 0.29) is 24.1 Å². The molecule has 1 N–H and O–H groups in total. The predicted octanol–water partition coefficient (Wildman–Crippen LogP) is 3.57. The van der Waals surface area contributed by atoms with E-state index in [2.05, 4.69) is 15.5 Å². The van der Waals surface area contributed by atoms with Crippen LogP contribution in [0.5, 0.6) is 0 Å². The average Bonchev–Trinajstić information content (AvgIpc) is 3.05. The molecule has 1 aliphatic carbocycles. The quantitative estimate of drug-likeness (QED) is 0.785. The first-order valence-corrected chi connectivity index (χ1v) is 9.69. The Bertz CT molecular complexity index is 853. The van der Waals surface area contributed by atoms with E-state index >= 15 is 0 Å². The zero-order valence-electron chi connectivity index (χ0n) is 16.4. The van der Waals surface area contributed by atoms with Crippen LogP contribution in [0.25, 0.3) is 0 Å². The third-order valence-corrected chi connectivity index (χ3v) is 5.35. The molecule has 0 bridgehead atoms. The fraction of sp³-hybridized carbons (Fsp3) is 0.632. The van der Waals surface area contributed by atoms with Crippen LogP contribution in [0.2, 0.25) is 0 Å². The minimum absolute atomic E-state index is 0.219. The zero-order chi connectivity index (χ0) is 20.5. The van der Waals surface area contributed by atoms with Gasteiger partial charge in [-0.15, -0.1) is 0 Å². The highest BCUT2D eigenvalue weighted by Gasteiger charge is 2.39. The molecule has 2 aromatic rings. The lowest BCUT2D eigenvalue weighted by molar-refractivity contribution is -0.142. The molecule has 2 aromatic heterocycles. The summed E-state index contributed by atoms with van der Waals surface area (Å²) in [5.74, 6) is -0.362. The molecule has 3 rings (SSSR count). The number of alkyl halides is 3. The van der Waals surface area contributed by atoms with Gasteiger partial charge in [-0.25, -0.2) is 0 Å². The number of fused-ring (bicyclic) bond motifs is 1. The SMILES string of the molecule is CCn1ncc(C(C)NC(=O)Cn2nc(C(F)(F)F)c3c2CCCCC3)c1C. The summed E-state index contributed by atoms with van der Waals surface area (Å²) in [4.78, 5) is 12.5. The van der Waals surface area contributed by atoms with Crippen LogP contribution in [0.15, 0.2) is 6.20 Å². The average molecular weight is 397 g/mol. The molecule has 0 saturated carbocycles. The lowest BCUT2D eigenvalue weighted by Crippen LogP contribution is -2.31. The molecule has 1 unspecified atom stereocenters. The first kappa shape index (κ1) is 20.4. The fourth-order valence-corrected chi connectivity index (χ4v) is 3.91. The lowest BCUT2D eigenvalue weighted by atomic mass is 10.1. The van der Waals surface area contributed by atoms with Crippen LogP contribution in [0.4, 0.5) is 13.2 Å². The third-order valence-electron chi connectivity index (χ3n) is 5.35. The van der Waals surface area contributed by atoms with Gasteiger partial charge in [0.15, 0.2) is 5.69 Å². The summed E-state index contributed by atoms with van der Waals surface area (Å²) in [6, 6.07) is -0.288. The van der Waals surface area contributed by atoms with Crippen molar-refractivity contribution in [3.63, 3.8) is 0 Å². The maximum Gasteiger partial charge on any atom is 0.435 e. The molecule has 28 heavy (non-hydrogen) atoms. The van der Waals surface area contributed by atoms with Crippen molar-refractivity contribution in [3.05, 3.63) is 34.4 Å². The molecule has 9 heteroatoms. The molecule has 2 heterocycles. The minimum Gasteiger partial charge on any atom is -0.348 e. The van der Waals surface area contributed by atoms with Gasteiger partial charge in [0.05, 0.1) is 12.2 Å².